The largest absolute Gasteiger partial charge is 0.464 e. The van der Waals surface area contributed by atoms with Gasteiger partial charge in [-0.2, -0.15) is 0 Å². The van der Waals surface area contributed by atoms with Gasteiger partial charge in [-0.15, -0.1) is 0 Å². The summed E-state index contributed by atoms with van der Waals surface area (Å²) < 4.78 is 5.56. The van der Waals surface area contributed by atoms with E-state index in [2.05, 4.69) is 30.5 Å². The first-order valence-corrected chi connectivity index (χ1v) is 7.11. The number of hydrogen-bond acceptors (Lipinski definition) is 3. The van der Waals surface area contributed by atoms with E-state index in [0.717, 1.165) is 36.0 Å². The summed E-state index contributed by atoms with van der Waals surface area (Å²) in [7, 11) is 0. The van der Waals surface area contributed by atoms with Crippen LogP contribution in [0, 0.1) is 13.8 Å². The number of benzene rings is 1. The second kappa shape index (κ2) is 5.29. The van der Waals surface area contributed by atoms with Crippen LogP contribution in [-0.4, -0.2) is 25.0 Å². The maximum absolute atomic E-state index is 12.1. The van der Waals surface area contributed by atoms with Gasteiger partial charge in [0.1, 0.15) is 5.58 Å². The molecule has 4 heteroatoms. The summed E-state index contributed by atoms with van der Waals surface area (Å²) in [6.45, 7) is 6.00. The van der Waals surface area contributed by atoms with Gasteiger partial charge in [0.25, 0.3) is 0 Å². The van der Waals surface area contributed by atoms with Crippen molar-refractivity contribution >= 4 is 16.9 Å². The molecule has 0 spiro atoms. The van der Waals surface area contributed by atoms with E-state index in [9.17, 15) is 4.79 Å². The Kier molecular flexibility index (Phi) is 3.49. The summed E-state index contributed by atoms with van der Waals surface area (Å²) in [5.74, 6) is 0.0691. The average molecular weight is 272 g/mol. The maximum Gasteiger partial charge on any atom is 0.224 e. The number of hydrogen-bond donors (Lipinski definition) is 2. The molecule has 1 unspecified atom stereocenters. The molecular formula is C16H20N2O2. The first-order valence-electron chi connectivity index (χ1n) is 7.11. The van der Waals surface area contributed by atoms with Crippen molar-refractivity contribution in [2.75, 3.05) is 13.1 Å². The number of furan rings is 1. The molecule has 1 aromatic carbocycles. The highest BCUT2D eigenvalue weighted by Crippen LogP contribution is 2.25. The third kappa shape index (κ3) is 2.56. The number of carbonyl (C=O) groups is 1. The SMILES string of the molecule is Cc1cc2occ(CC(=O)NC3CCNC3)c2cc1C. The molecule has 2 aromatic rings. The summed E-state index contributed by atoms with van der Waals surface area (Å²) in [5.41, 5.74) is 4.26. The van der Waals surface area contributed by atoms with Gasteiger partial charge in [-0.1, -0.05) is 0 Å². The van der Waals surface area contributed by atoms with E-state index in [1.54, 1.807) is 6.26 Å². The van der Waals surface area contributed by atoms with Gasteiger partial charge in [0.2, 0.25) is 5.91 Å². The standard InChI is InChI=1S/C16H20N2O2/c1-10-5-14-12(9-20-15(14)6-11(10)2)7-16(19)18-13-3-4-17-8-13/h5-6,9,13,17H,3-4,7-8H2,1-2H3,(H,18,19). The highest BCUT2D eigenvalue weighted by molar-refractivity contribution is 5.88. The molecule has 0 radical (unpaired) electrons. The zero-order valence-corrected chi connectivity index (χ0v) is 12.0. The smallest absolute Gasteiger partial charge is 0.224 e. The maximum atomic E-state index is 12.1. The molecule has 3 rings (SSSR count). The van der Waals surface area contributed by atoms with Crippen LogP contribution < -0.4 is 10.6 Å². The molecule has 1 aromatic heterocycles. The fourth-order valence-electron chi connectivity index (χ4n) is 2.70. The predicted molar refractivity (Wildman–Crippen MR) is 78.8 cm³/mol. The van der Waals surface area contributed by atoms with Gasteiger partial charge in [-0.3, -0.25) is 4.79 Å². The molecule has 106 valence electrons. The predicted octanol–water partition coefficient (Wildman–Crippen LogP) is 2.07. The fraction of sp³-hybridized carbons (Fsp3) is 0.438. The van der Waals surface area contributed by atoms with Crippen LogP contribution in [0.2, 0.25) is 0 Å². The highest BCUT2D eigenvalue weighted by atomic mass is 16.3. The van der Waals surface area contributed by atoms with Gasteiger partial charge >= 0.3 is 0 Å². The zero-order chi connectivity index (χ0) is 14.1. The van der Waals surface area contributed by atoms with Crippen LogP contribution in [0.1, 0.15) is 23.1 Å². The Morgan fingerprint density at radius 2 is 2.20 bits per heavy atom. The first-order chi connectivity index (χ1) is 9.63. The van der Waals surface area contributed by atoms with E-state index in [4.69, 9.17) is 4.42 Å². The molecule has 2 N–H and O–H groups in total. The molecule has 0 saturated carbocycles. The van der Waals surface area contributed by atoms with Gasteiger partial charge in [0.05, 0.1) is 12.7 Å². The normalized spacial score (nSPS) is 18.6. The van der Waals surface area contributed by atoms with E-state index >= 15 is 0 Å². The minimum absolute atomic E-state index is 0.0691. The van der Waals surface area contributed by atoms with Gasteiger partial charge < -0.3 is 15.1 Å². The highest BCUT2D eigenvalue weighted by Gasteiger charge is 2.18. The Morgan fingerprint density at radius 3 is 2.95 bits per heavy atom. The van der Waals surface area contributed by atoms with Crippen molar-refractivity contribution in [2.45, 2.75) is 32.7 Å². The minimum atomic E-state index is 0.0691. The summed E-state index contributed by atoms with van der Waals surface area (Å²) in [6, 6.07) is 4.41. The number of rotatable bonds is 3. The van der Waals surface area contributed by atoms with E-state index < -0.39 is 0 Å². The lowest BCUT2D eigenvalue weighted by molar-refractivity contribution is -0.121. The second-order valence-corrected chi connectivity index (χ2v) is 5.63. The molecule has 1 atom stereocenters. The lowest BCUT2D eigenvalue weighted by atomic mass is 10.0. The van der Waals surface area contributed by atoms with Gasteiger partial charge in [-0.05, 0) is 50.1 Å². The lowest BCUT2D eigenvalue weighted by Crippen LogP contribution is -2.37. The van der Waals surface area contributed by atoms with Crippen LogP contribution in [0.4, 0.5) is 0 Å². The summed E-state index contributed by atoms with van der Waals surface area (Å²) >= 11 is 0. The number of fused-ring (bicyclic) bond motifs is 1. The van der Waals surface area contributed by atoms with Gasteiger partial charge in [0.15, 0.2) is 0 Å². The van der Waals surface area contributed by atoms with Crippen LogP contribution in [0.15, 0.2) is 22.8 Å². The Balaban J connectivity index is 1.76. The van der Waals surface area contributed by atoms with Crippen molar-refractivity contribution in [1.82, 2.24) is 10.6 Å². The van der Waals surface area contributed by atoms with E-state index in [1.165, 1.54) is 11.1 Å². The number of amides is 1. The van der Waals surface area contributed by atoms with Crippen LogP contribution >= 0.6 is 0 Å². The molecule has 1 saturated heterocycles. The molecule has 1 aliphatic heterocycles. The fourth-order valence-corrected chi connectivity index (χ4v) is 2.70. The minimum Gasteiger partial charge on any atom is -0.464 e. The van der Waals surface area contributed by atoms with Crippen LogP contribution in [0.25, 0.3) is 11.0 Å². The van der Waals surface area contributed by atoms with Crippen LogP contribution in [-0.2, 0) is 11.2 Å². The Labute approximate surface area is 118 Å². The molecule has 0 bridgehead atoms. The Bertz CT molecular complexity index is 639. The monoisotopic (exact) mass is 272 g/mol. The quantitative estimate of drug-likeness (QED) is 0.899. The Hall–Kier alpha value is -1.81. The average Bonchev–Trinajstić information content (AvgIpc) is 3.02. The van der Waals surface area contributed by atoms with E-state index in [1.807, 2.05) is 6.07 Å². The molecule has 2 heterocycles. The van der Waals surface area contributed by atoms with Gasteiger partial charge in [-0.25, -0.2) is 0 Å². The third-order valence-electron chi connectivity index (χ3n) is 4.05. The topological polar surface area (TPSA) is 54.3 Å². The molecule has 1 aliphatic rings. The summed E-state index contributed by atoms with van der Waals surface area (Å²) in [5, 5.41) is 7.36. The second-order valence-electron chi connectivity index (χ2n) is 5.63. The van der Waals surface area contributed by atoms with Crippen LogP contribution in [0.3, 0.4) is 0 Å². The molecule has 4 nitrogen and oxygen atoms in total. The van der Waals surface area contributed by atoms with Crippen molar-refractivity contribution in [3.05, 3.63) is 35.1 Å². The van der Waals surface area contributed by atoms with E-state index in [-0.39, 0.29) is 11.9 Å². The van der Waals surface area contributed by atoms with E-state index in [0.29, 0.717) is 6.42 Å². The summed E-state index contributed by atoms with van der Waals surface area (Å²) in [4.78, 5) is 12.1. The first kappa shape index (κ1) is 13.2. The third-order valence-corrected chi connectivity index (χ3v) is 4.05. The van der Waals surface area contributed by atoms with Crippen molar-refractivity contribution < 1.29 is 9.21 Å². The van der Waals surface area contributed by atoms with Gasteiger partial charge in [0, 0.05) is 23.5 Å². The van der Waals surface area contributed by atoms with Crippen molar-refractivity contribution in [3.8, 4) is 0 Å². The van der Waals surface area contributed by atoms with Crippen molar-refractivity contribution in [1.29, 1.82) is 0 Å². The molecule has 1 fully saturated rings. The van der Waals surface area contributed by atoms with Crippen molar-refractivity contribution in [2.24, 2.45) is 0 Å². The molecular weight excluding hydrogens is 252 g/mol. The molecule has 1 amide bonds. The number of carbonyl (C=O) groups excluding carboxylic acids is 1. The zero-order valence-electron chi connectivity index (χ0n) is 12.0. The lowest BCUT2D eigenvalue weighted by Gasteiger charge is -2.10. The van der Waals surface area contributed by atoms with Crippen molar-refractivity contribution in [3.63, 3.8) is 0 Å². The summed E-state index contributed by atoms with van der Waals surface area (Å²) in [6.07, 6.45) is 3.10. The van der Waals surface area contributed by atoms with Crippen LogP contribution in [0.5, 0.6) is 0 Å². The number of nitrogens with one attached hydrogen (secondary N) is 2. The Morgan fingerprint density at radius 1 is 1.40 bits per heavy atom. The molecule has 20 heavy (non-hydrogen) atoms. The number of aryl methyl sites for hydroxylation is 2. The molecule has 0 aliphatic carbocycles.